The molecule has 0 saturated carbocycles. The predicted molar refractivity (Wildman–Crippen MR) is 130 cm³/mol. The molecule has 0 aromatic heterocycles. The normalized spacial score (nSPS) is 12.6. The van der Waals surface area contributed by atoms with Gasteiger partial charge in [0, 0.05) is 18.3 Å². The molecule has 9 nitrogen and oxygen atoms in total. The summed E-state index contributed by atoms with van der Waals surface area (Å²) in [5, 5.41) is 0. The van der Waals surface area contributed by atoms with Crippen LogP contribution in [0.1, 0.15) is 15.9 Å². The number of fused-ring (bicyclic) bond motifs is 1. The molecule has 182 valence electrons. The fourth-order valence-corrected chi connectivity index (χ4v) is 4.91. The highest BCUT2D eigenvalue weighted by atomic mass is 32.2. The first-order valence-electron chi connectivity index (χ1n) is 10.7. The number of esters is 1. The number of ether oxygens (including phenoxy) is 3. The first-order chi connectivity index (χ1) is 16.8. The minimum Gasteiger partial charge on any atom is -0.493 e. The standard InChI is InChI=1S/C25H24N2O7S/c1-32-22-12-11-18(15-23(22)33-2)35(30,31)26-20-9-5-4-8-19(20)25(29)34-16-24(28)27-14-13-17-7-3-6-10-21(17)27/h3-12,15,26H,13-14,16H2,1-2H3. The molecule has 10 heteroatoms. The highest BCUT2D eigenvalue weighted by Gasteiger charge is 2.26. The van der Waals surface area contributed by atoms with Crippen molar-refractivity contribution in [3.63, 3.8) is 0 Å². The number of amides is 1. The van der Waals surface area contributed by atoms with Gasteiger partial charge in [0.05, 0.1) is 30.4 Å². The van der Waals surface area contributed by atoms with Crippen molar-refractivity contribution in [2.45, 2.75) is 11.3 Å². The van der Waals surface area contributed by atoms with Crippen molar-refractivity contribution >= 4 is 33.3 Å². The Labute approximate surface area is 203 Å². The minimum absolute atomic E-state index is 0.0197. The molecule has 0 bridgehead atoms. The number of carbonyl (C=O) groups is 2. The smallest absolute Gasteiger partial charge is 0.340 e. The van der Waals surface area contributed by atoms with Gasteiger partial charge in [-0.3, -0.25) is 9.52 Å². The van der Waals surface area contributed by atoms with E-state index in [0.29, 0.717) is 12.3 Å². The third kappa shape index (κ3) is 5.07. The van der Waals surface area contributed by atoms with E-state index in [9.17, 15) is 18.0 Å². The number of anilines is 2. The number of nitrogens with one attached hydrogen (secondary N) is 1. The topological polar surface area (TPSA) is 111 Å². The maximum absolute atomic E-state index is 13.0. The lowest BCUT2D eigenvalue weighted by Crippen LogP contribution is -2.33. The number of hydrogen-bond donors (Lipinski definition) is 1. The van der Waals surface area contributed by atoms with Crippen LogP contribution in [0.25, 0.3) is 0 Å². The van der Waals surface area contributed by atoms with Crippen LogP contribution in [-0.4, -0.2) is 47.7 Å². The minimum atomic E-state index is -4.07. The molecular formula is C25H24N2O7S. The second-order valence-electron chi connectivity index (χ2n) is 7.67. The third-order valence-electron chi connectivity index (χ3n) is 5.57. The number of carbonyl (C=O) groups excluding carboxylic acids is 2. The van der Waals surface area contributed by atoms with Crippen LogP contribution < -0.4 is 19.1 Å². The van der Waals surface area contributed by atoms with E-state index in [1.807, 2.05) is 24.3 Å². The van der Waals surface area contributed by atoms with Gasteiger partial charge in [-0.2, -0.15) is 0 Å². The van der Waals surface area contributed by atoms with Gasteiger partial charge >= 0.3 is 5.97 Å². The van der Waals surface area contributed by atoms with Gasteiger partial charge in [-0.25, -0.2) is 13.2 Å². The molecular weight excluding hydrogens is 472 g/mol. The highest BCUT2D eigenvalue weighted by Crippen LogP contribution is 2.31. The summed E-state index contributed by atoms with van der Waals surface area (Å²) in [6.45, 7) is 0.0430. The number of benzene rings is 3. The number of nitrogens with zero attached hydrogens (tertiary/aromatic N) is 1. The quantitative estimate of drug-likeness (QED) is 0.477. The summed E-state index contributed by atoms with van der Waals surface area (Å²) >= 11 is 0. The summed E-state index contributed by atoms with van der Waals surface area (Å²) < 4.78 is 43.9. The number of rotatable bonds is 8. The van der Waals surface area contributed by atoms with E-state index in [1.54, 1.807) is 17.0 Å². The largest absolute Gasteiger partial charge is 0.493 e. The van der Waals surface area contributed by atoms with E-state index >= 15 is 0 Å². The van der Waals surface area contributed by atoms with Crippen molar-refractivity contribution in [3.8, 4) is 11.5 Å². The average Bonchev–Trinajstić information content (AvgIpc) is 3.31. The zero-order valence-electron chi connectivity index (χ0n) is 19.2. The monoisotopic (exact) mass is 496 g/mol. The van der Waals surface area contributed by atoms with E-state index in [1.165, 1.54) is 44.6 Å². The fraction of sp³-hybridized carbons (Fsp3) is 0.200. The van der Waals surface area contributed by atoms with E-state index in [4.69, 9.17) is 14.2 Å². The number of para-hydroxylation sites is 2. The Kier molecular flexibility index (Phi) is 6.92. The van der Waals surface area contributed by atoms with Crippen LogP contribution in [0.4, 0.5) is 11.4 Å². The summed E-state index contributed by atoms with van der Waals surface area (Å²) in [6.07, 6.45) is 0.733. The zero-order chi connectivity index (χ0) is 25.0. The molecule has 0 radical (unpaired) electrons. The van der Waals surface area contributed by atoms with Crippen molar-refractivity contribution in [3.05, 3.63) is 77.9 Å². The SMILES string of the molecule is COc1ccc(S(=O)(=O)Nc2ccccc2C(=O)OCC(=O)N2CCc3ccccc32)cc1OC. The molecule has 1 heterocycles. The molecule has 35 heavy (non-hydrogen) atoms. The van der Waals surface area contributed by atoms with E-state index in [2.05, 4.69) is 4.72 Å². The molecule has 0 aliphatic carbocycles. The Bertz CT molecular complexity index is 1370. The number of hydrogen-bond acceptors (Lipinski definition) is 7. The molecule has 1 aliphatic heterocycles. The number of sulfonamides is 1. The van der Waals surface area contributed by atoms with Crippen molar-refractivity contribution in [2.24, 2.45) is 0 Å². The van der Waals surface area contributed by atoms with Gasteiger partial charge < -0.3 is 19.1 Å². The lowest BCUT2D eigenvalue weighted by Gasteiger charge is -2.17. The Morgan fingerprint density at radius 1 is 0.943 bits per heavy atom. The molecule has 0 unspecified atom stereocenters. The predicted octanol–water partition coefficient (Wildman–Crippen LogP) is 3.25. The summed E-state index contributed by atoms with van der Waals surface area (Å²) in [7, 11) is -1.23. The molecule has 1 N–H and O–H groups in total. The third-order valence-corrected chi connectivity index (χ3v) is 6.93. The van der Waals surface area contributed by atoms with Crippen molar-refractivity contribution < 1.29 is 32.2 Å². The van der Waals surface area contributed by atoms with Gasteiger partial charge in [0.15, 0.2) is 18.1 Å². The molecule has 0 fully saturated rings. The van der Waals surface area contributed by atoms with E-state index in [0.717, 1.165) is 17.7 Å². The van der Waals surface area contributed by atoms with Crippen LogP contribution in [0, 0.1) is 0 Å². The Balaban J connectivity index is 1.48. The van der Waals surface area contributed by atoms with Crippen LogP contribution in [-0.2, 0) is 26.0 Å². The fourth-order valence-electron chi connectivity index (χ4n) is 3.82. The van der Waals surface area contributed by atoms with E-state index in [-0.39, 0.29) is 27.8 Å². The van der Waals surface area contributed by atoms with Gasteiger partial charge in [0.2, 0.25) is 0 Å². The number of methoxy groups -OCH3 is 2. The van der Waals surface area contributed by atoms with Crippen LogP contribution in [0.3, 0.4) is 0 Å². The summed E-state index contributed by atoms with van der Waals surface area (Å²) in [4.78, 5) is 26.9. The Morgan fingerprint density at radius 2 is 1.66 bits per heavy atom. The molecule has 0 spiro atoms. The molecule has 4 rings (SSSR count). The second kappa shape index (κ2) is 10.1. The molecule has 1 amide bonds. The van der Waals surface area contributed by atoms with Gasteiger partial charge in [-0.15, -0.1) is 0 Å². The summed E-state index contributed by atoms with van der Waals surface area (Å²) in [5.74, 6) is -0.561. The molecule has 1 aliphatic rings. The summed E-state index contributed by atoms with van der Waals surface area (Å²) in [6, 6.07) is 17.7. The summed E-state index contributed by atoms with van der Waals surface area (Å²) in [5.41, 5.74) is 1.86. The first kappa shape index (κ1) is 24.1. The average molecular weight is 497 g/mol. The van der Waals surface area contributed by atoms with Crippen molar-refractivity contribution in [2.75, 3.05) is 37.0 Å². The van der Waals surface area contributed by atoms with Gasteiger partial charge in [0.1, 0.15) is 0 Å². The molecule has 3 aromatic carbocycles. The Morgan fingerprint density at radius 3 is 2.43 bits per heavy atom. The van der Waals surface area contributed by atoms with Crippen LogP contribution in [0.5, 0.6) is 11.5 Å². The van der Waals surface area contributed by atoms with E-state index < -0.39 is 22.6 Å². The maximum atomic E-state index is 13.0. The lowest BCUT2D eigenvalue weighted by molar-refractivity contribution is -0.121. The van der Waals surface area contributed by atoms with Crippen LogP contribution >= 0.6 is 0 Å². The second-order valence-corrected chi connectivity index (χ2v) is 9.35. The molecule has 0 saturated heterocycles. The lowest BCUT2D eigenvalue weighted by atomic mass is 10.2. The molecule has 0 atom stereocenters. The Hall–Kier alpha value is -4.05. The van der Waals surface area contributed by atoms with Crippen LogP contribution in [0.2, 0.25) is 0 Å². The van der Waals surface area contributed by atoms with Gasteiger partial charge in [-0.1, -0.05) is 30.3 Å². The highest BCUT2D eigenvalue weighted by molar-refractivity contribution is 7.92. The van der Waals surface area contributed by atoms with Gasteiger partial charge in [-0.05, 0) is 42.3 Å². The maximum Gasteiger partial charge on any atom is 0.340 e. The van der Waals surface area contributed by atoms with Crippen molar-refractivity contribution in [1.29, 1.82) is 0 Å². The first-order valence-corrected chi connectivity index (χ1v) is 12.2. The molecule has 3 aromatic rings. The van der Waals surface area contributed by atoms with Crippen molar-refractivity contribution in [1.82, 2.24) is 0 Å². The van der Waals surface area contributed by atoms with Crippen LogP contribution in [0.15, 0.2) is 71.6 Å². The van der Waals surface area contributed by atoms with Gasteiger partial charge in [0.25, 0.3) is 15.9 Å². The zero-order valence-corrected chi connectivity index (χ0v) is 20.0.